The zero-order chi connectivity index (χ0) is 43.4. The lowest BCUT2D eigenvalue weighted by Crippen LogP contribution is -2.11. The third-order valence-electron chi connectivity index (χ3n) is 12.5. The molecule has 0 bridgehead atoms. The summed E-state index contributed by atoms with van der Waals surface area (Å²) in [6.45, 7) is 15.9. The number of hydrogen-bond acceptors (Lipinski definition) is 3. The van der Waals surface area contributed by atoms with E-state index in [2.05, 4.69) is 177 Å². The molecule has 0 aromatic heterocycles. The first-order chi connectivity index (χ1) is 29.9. The minimum atomic E-state index is 0.574. The van der Waals surface area contributed by atoms with E-state index in [1.54, 1.807) is 0 Å². The zero-order valence-electron chi connectivity index (χ0n) is 38.0. The monoisotopic (exact) mass is 950 g/mol. The molecule has 0 amide bonds. The Morgan fingerprint density at radius 3 is 1.15 bits per heavy atom. The van der Waals surface area contributed by atoms with Crippen LogP contribution in [-0.4, -0.2) is 19.8 Å². The molecule has 0 fully saturated rings. The molecule has 5 heteroatoms. The van der Waals surface area contributed by atoms with Gasteiger partial charge < -0.3 is 14.2 Å². The Morgan fingerprint density at radius 1 is 0.410 bits per heavy atom. The smallest absolute Gasteiger partial charge is 0.119 e. The lowest BCUT2D eigenvalue weighted by Gasteiger charge is -2.21. The molecule has 3 atom stereocenters. The lowest BCUT2D eigenvalue weighted by molar-refractivity contribution is 0.233. The van der Waals surface area contributed by atoms with Crippen molar-refractivity contribution in [2.45, 2.75) is 129 Å². The molecule has 5 rings (SSSR count). The van der Waals surface area contributed by atoms with Gasteiger partial charge in [0.2, 0.25) is 0 Å². The van der Waals surface area contributed by atoms with E-state index in [9.17, 15) is 0 Å². The normalized spacial score (nSPS) is 12.9. The third-order valence-corrected chi connectivity index (χ3v) is 13.7. The van der Waals surface area contributed by atoms with E-state index in [0.717, 1.165) is 83.7 Å². The summed E-state index contributed by atoms with van der Waals surface area (Å²) in [6, 6.07) is 38.0. The van der Waals surface area contributed by atoms with Gasteiger partial charge in [-0.1, -0.05) is 186 Å². The molecule has 0 saturated heterocycles. The second-order valence-electron chi connectivity index (χ2n) is 17.0. The van der Waals surface area contributed by atoms with Gasteiger partial charge in [-0.2, -0.15) is 0 Å². The van der Waals surface area contributed by atoms with E-state index in [1.165, 1.54) is 96.7 Å². The van der Waals surface area contributed by atoms with Crippen LogP contribution in [-0.2, 0) is 10.7 Å². The van der Waals surface area contributed by atoms with Crippen LogP contribution >= 0.6 is 31.9 Å². The number of benzene rings is 5. The molecule has 5 aromatic rings. The molecule has 328 valence electrons. The standard InChI is InChI=1S/C56H72Br2O3/c1-7-13-16-41(10-4)38-59-50-27-21-45(22-28-50)54-34-49(53-33-44(36-57)19-20-48(53)37-58)35-55(46-23-29-51(30-24-46)60-39-42(11-5)17-14-8-2)56(54)47-25-31-52(32-26-47)61-40-43(12-6)18-15-9-3/h19-35,41-43H,7-18,36-40H2,1-6H3. The molecule has 0 radical (unpaired) electrons. The Hall–Kier alpha value is -3.54. The van der Waals surface area contributed by atoms with Crippen molar-refractivity contribution in [1.29, 1.82) is 0 Å². The molecule has 0 N–H and O–H groups in total. The SMILES string of the molecule is CCCCC(CC)COc1ccc(-c2cc(-c3cc(CBr)ccc3CBr)cc(-c3ccc(OCC(CC)CCCC)cc3)c2-c2ccc(OCC(CC)CCCC)cc2)cc1. The van der Waals surface area contributed by atoms with Crippen LogP contribution in [0.25, 0.3) is 44.5 Å². The molecular formula is C56H72Br2O3. The van der Waals surface area contributed by atoms with Crippen LogP contribution in [0.4, 0.5) is 0 Å². The number of alkyl halides is 2. The summed E-state index contributed by atoms with van der Waals surface area (Å²) in [4.78, 5) is 0. The first-order valence-electron chi connectivity index (χ1n) is 23.5. The van der Waals surface area contributed by atoms with Crippen LogP contribution in [0.1, 0.15) is 130 Å². The van der Waals surface area contributed by atoms with Gasteiger partial charge in [-0.25, -0.2) is 0 Å². The van der Waals surface area contributed by atoms with Crippen LogP contribution in [0, 0.1) is 17.8 Å². The van der Waals surface area contributed by atoms with Crippen molar-refractivity contribution in [3.8, 4) is 61.8 Å². The van der Waals surface area contributed by atoms with Crippen molar-refractivity contribution in [2.75, 3.05) is 19.8 Å². The molecule has 61 heavy (non-hydrogen) atoms. The predicted octanol–water partition coefficient (Wildman–Crippen LogP) is 17.9. The van der Waals surface area contributed by atoms with Crippen LogP contribution in [0.2, 0.25) is 0 Å². The fourth-order valence-electron chi connectivity index (χ4n) is 8.17. The molecular weight excluding hydrogens is 880 g/mol. The Kier molecular flexibility index (Phi) is 20.8. The highest BCUT2D eigenvalue weighted by atomic mass is 79.9. The van der Waals surface area contributed by atoms with Gasteiger partial charge in [-0.3, -0.25) is 0 Å². The van der Waals surface area contributed by atoms with Gasteiger partial charge in [0.25, 0.3) is 0 Å². The average Bonchev–Trinajstić information content (AvgIpc) is 3.31. The third kappa shape index (κ3) is 14.2. The molecule has 0 aliphatic carbocycles. The van der Waals surface area contributed by atoms with Gasteiger partial charge in [0.1, 0.15) is 17.2 Å². The minimum absolute atomic E-state index is 0.574. The maximum Gasteiger partial charge on any atom is 0.119 e. The highest BCUT2D eigenvalue weighted by molar-refractivity contribution is 9.08. The van der Waals surface area contributed by atoms with Gasteiger partial charge in [0.05, 0.1) is 19.8 Å². The van der Waals surface area contributed by atoms with Crippen LogP contribution in [0.3, 0.4) is 0 Å². The molecule has 0 heterocycles. The van der Waals surface area contributed by atoms with Crippen molar-refractivity contribution in [2.24, 2.45) is 17.8 Å². The summed E-state index contributed by atoms with van der Waals surface area (Å²) in [5, 5.41) is 1.56. The molecule has 0 saturated carbocycles. The summed E-state index contributed by atoms with van der Waals surface area (Å²) < 4.78 is 19.3. The van der Waals surface area contributed by atoms with Crippen molar-refractivity contribution in [3.63, 3.8) is 0 Å². The molecule has 5 aromatic carbocycles. The second kappa shape index (κ2) is 26.2. The van der Waals surface area contributed by atoms with E-state index in [-0.39, 0.29) is 0 Å². The van der Waals surface area contributed by atoms with Gasteiger partial charge in [0.15, 0.2) is 0 Å². The van der Waals surface area contributed by atoms with Gasteiger partial charge >= 0.3 is 0 Å². The van der Waals surface area contributed by atoms with Gasteiger partial charge in [-0.05, 0) is 141 Å². The number of ether oxygens (including phenoxy) is 3. The van der Waals surface area contributed by atoms with E-state index in [0.29, 0.717) is 17.8 Å². The predicted molar refractivity (Wildman–Crippen MR) is 270 cm³/mol. The second-order valence-corrected chi connectivity index (χ2v) is 18.1. The fourth-order valence-corrected chi connectivity index (χ4v) is 9.01. The number of halogens is 2. The summed E-state index contributed by atoms with van der Waals surface area (Å²) in [5.41, 5.74) is 11.9. The summed E-state index contributed by atoms with van der Waals surface area (Å²) >= 11 is 7.57. The fraction of sp³-hybridized carbons (Fsp3) is 0.464. The molecule has 0 aliphatic heterocycles. The number of unbranched alkanes of at least 4 members (excludes halogenated alkanes) is 3. The van der Waals surface area contributed by atoms with E-state index >= 15 is 0 Å². The maximum atomic E-state index is 6.43. The zero-order valence-corrected chi connectivity index (χ0v) is 41.2. The lowest BCUT2D eigenvalue weighted by atomic mass is 9.84. The summed E-state index contributed by atoms with van der Waals surface area (Å²) in [7, 11) is 0. The Bertz CT molecular complexity index is 1920. The first-order valence-corrected chi connectivity index (χ1v) is 25.7. The number of hydrogen-bond donors (Lipinski definition) is 0. The average molecular weight is 953 g/mol. The van der Waals surface area contributed by atoms with Crippen molar-refractivity contribution in [1.82, 2.24) is 0 Å². The first kappa shape index (κ1) is 48.5. The van der Waals surface area contributed by atoms with Crippen LogP contribution in [0.15, 0.2) is 103 Å². The largest absolute Gasteiger partial charge is 0.493 e. The molecule has 0 spiro atoms. The molecule has 0 aliphatic rings. The van der Waals surface area contributed by atoms with Crippen LogP contribution in [0.5, 0.6) is 17.2 Å². The van der Waals surface area contributed by atoms with E-state index in [1.807, 2.05) is 0 Å². The van der Waals surface area contributed by atoms with Crippen molar-refractivity contribution in [3.05, 3.63) is 114 Å². The molecule has 3 nitrogen and oxygen atoms in total. The number of rotatable bonds is 27. The Morgan fingerprint density at radius 2 is 0.803 bits per heavy atom. The molecule has 3 unspecified atom stereocenters. The van der Waals surface area contributed by atoms with E-state index in [4.69, 9.17) is 14.2 Å². The highest BCUT2D eigenvalue weighted by Crippen LogP contribution is 2.45. The van der Waals surface area contributed by atoms with Crippen LogP contribution < -0.4 is 14.2 Å². The quantitative estimate of drug-likeness (QED) is 0.0491. The topological polar surface area (TPSA) is 27.7 Å². The minimum Gasteiger partial charge on any atom is -0.493 e. The van der Waals surface area contributed by atoms with Gasteiger partial charge in [-0.15, -0.1) is 0 Å². The maximum absolute atomic E-state index is 6.43. The summed E-state index contributed by atoms with van der Waals surface area (Å²) in [6.07, 6.45) is 14.4. The Balaban J connectivity index is 1.63. The van der Waals surface area contributed by atoms with E-state index < -0.39 is 0 Å². The van der Waals surface area contributed by atoms with Crippen molar-refractivity contribution < 1.29 is 14.2 Å². The summed E-state index contributed by atoms with van der Waals surface area (Å²) in [5.74, 6) is 4.49. The van der Waals surface area contributed by atoms with Crippen molar-refractivity contribution >= 4 is 31.9 Å². The highest BCUT2D eigenvalue weighted by Gasteiger charge is 2.20. The van der Waals surface area contributed by atoms with Gasteiger partial charge in [0, 0.05) is 10.7 Å². The Labute approximate surface area is 386 Å².